The molecule has 0 saturated heterocycles. The predicted molar refractivity (Wildman–Crippen MR) is 80.2 cm³/mol. The lowest BCUT2D eigenvalue weighted by atomic mass is 9.70. The van der Waals surface area contributed by atoms with E-state index in [1.54, 1.807) is 0 Å². The topological polar surface area (TPSA) is 46.2 Å². The van der Waals surface area contributed by atoms with Gasteiger partial charge in [-0.3, -0.25) is 0 Å². The summed E-state index contributed by atoms with van der Waals surface area (Å²) in [5.41, 5.74) is 6.67. The van der Waals surface area contributed by atoms with Crippen LogP contribution in [0.25, 0.3) is 0 Å². The van der Waals surface area contributed by atoms with Crippen LogP contribution in [0.3, 0.4) is 0 Å². The van der Waals surface area contributed by atoms with Crippen molar-refractivity contribution in [2.24, 2.45) is 11.1 Å². The van der Waals surface area contributed by atoms with E-state index in [2.05, 4.69) is 0 Å². The summed E-state index contributed by atoms with van der Waals surface area (Å²) in [5, 5.41) is 11.5. The Kier molecular flexibility index (Phi) is 5.26. The molecule has 1 aliphatic rings. The molecule has 1 saturated carbocycles. The number of benzene rings is 1. The van der Waals surface area contributed by atoms with Crippen LogP contribution in [0.2, 0.25) is 5.02 Å². The lowest BCUT2D eigenvalue weighted by molar-refractivity contribution is 0.00856. The van der Waals surface area contributed by atoms with Gasteiger partial charge in [-0.05, 0) is 24.5 Å². The summed E-state index contributed by atoms with van der Waals surface area (Å²) in [5.74, 6) is 0. The number of nitrogens with two attached hydrogens (primary N) is 1. The summed E-state index contributed by atoms with van der Waals surface area (Å²) < 4.78 is 0. The number of hydrogen-bond donors (Lipinski definition) is 2. The van der Waals surface area contributed by atoms with Gasteiger partial charge >= 0.3 is 0 Å². The number of aliphatic hydroxyl groups is 1. The van der Waals surface area contributed by atoms with Gasteiger partial charge in [0.2, 0.25) is 0 Å². The molecule has 3 N–H and O–H groups in total. The Morgan fingerprint density at radius 3 is 2.26 bits per heavy atom. The van der Waals surface area contributed by atoms with Crippen molar-refractivity contribution in [3.63, 3.8) is 0 Å². The first-order chi connectivity index (χ1) is 9.19. The minimum absolute atomic E-state index is 0.203. The molecule has 3 heteroatoms. The highest BCUT2D eigenvalue weighted by molar-refractivity contribution is 6.31. The van der Waals surface area contributed by atoms with Gasteiger partial charge in [-0.1, -0.05) is 61.9 Å². The third-order valence-corrected chi connectivity index (χ3v) is 4.88. The van der Waals surface area contributed by atoms with Crippen molar-refractivity contribution >= 4 is 11.6 Å². The molecule has 0 heterocycles. The summed E-state index contributed by atoms with van der Waals surface area (Å²) in [7, 11) is 0. The Bertz CT molecular complexity index is 399. The number of hydrogen-bond acceptors (Lipinski definition) is 2. The van der Waals surface area contributed by atoms with Gasteiger partial charge in [-0.25, -0.2) is 0 Å². The fourth-order valence-corrected chi connectivity index (χ4v) is 3.46. The molecule has 106 valence electrons. The van der Waals surface area contributed by atoms with Crippen molar-refractivity contribution in [1.29, 1.82) is 0 Å². The van der Waals surface area contributed by atoms with Crippen molar-refractivity contribution in [1.82, 2.24) is 0 Å². The molecule has 0 aliphatic heterocycles. The highest BCUT2D eigenvalue weighted by atomic mass is 35.5. The van der Waals surface area contributed by atoms with E-state index in [9.17, 15) is 5.11 Å². The number of aliphatic hydroxyl groups excluding tert-OH is 1. The Balaban J connectivity index is 2.25. The largest absolute Gasteiger partial charge is 0.388 e. The van der Waals surface area contributed by atoms with Crippen molar-refractivity contribution in [2.45, 2.75) is 51.0 Å². The van der Waals surface area contributed by atoms with E-state index in [1.807, 2.05) is 24.3 Å². The van der Waals surface area contributed by atoms with Gasteiger partial charge in [0.15, 0.2) is 0 Å². The molecule has 1 aromatic rings. The van der Waals surface area contributed by atoms with Gasteiger partial charge in [0, 0.05) is 17.0 Å². The summed E-state index contributed by atoms with van der Waals surface area (Å²) in [6.45, 7) is 0.527. The van der Waals surface area contributed by atoms with Gasteiger partial charge in [0.1, 0.15) is 0 Å². The van der Waals surface area contributed by atoms with Crippen molar-refractivity contribution in [3.05, 3.63) is 34.9 Å². The molecule has 0 radical (unpaired) electrons. The highest BCUT2D eigenvalue weighted by Crippen LogP contribution is 2.45. The first-order valence-electron chi connectivity index (χ1n) is 7.32. The third-order valence-electron chi connectivity index (χ3n) is 4.54. The van der Waals surface area contributed by atoms with Crippen LogP contribution >= 0.6 is 11.6 Å². The maximum Gasteiger partial charge on any atom is 0.0872 e. The lowest BCUT2D eigenvalue weighted by Gasteiger charge is -2.39. The SMILES string of the molecule is NCC1(C(O)c2ccccc2Cl)CCCCCCC1. The average molecular weight is 282 g/mol. The van der Waals surface area contributed by atoms with Gasteiger partial charge in [-0.2, -0.15) is 0 Å². The second kappa shape index (κ2) is 6.74. The molecule has 2 nitrogen and oxygen atoms in total. The van der Waals surface area contributed by atoms with Crippen LogP contribution in [-0.2, 0) is 0 Å². The molecule has 1 aromatic carbocycles. The van der Waals surface area contributed by atoms with Gasteiger partial charge in [-0.15, -0.1) is 0 Å². The van der Waals surface area contributed by atoms with Gasteiger partial charge in [0.05, 0.1) is 6.10 Å². The smallest absolute Gasteiger partial charge is 0.0872 e. The summed E-state index contributed by atoms with van der Waals surface area (Å²) >= 11 is 6.23. The van der Waals surface area contributed by atoms with Crippen LogP contribution in [0, 0.1) is 5.41 Å². The molecule has 2 rings (SSSR count). The van der Waals surface area contributed by atoms with Gasteiger partial charge in [0.25, 0.3) is 0 Å². The van der Waals surface area contributed by atoms with Crippen LogP contribution in [-0.4, -0.2) is 11.7 Å². The van der Waals surface area contributed by atoms with Crippen molar-refractivity contribution < 1.29 is 5.11 Å². The normalized spacial score (nSPS) is 21.4. The zero-order valence-electron chi connectivity index (χ0n) is 11.4. The second-order valence-corrected chi connectivity index (χ2v) is 6.17. The second-order valence-electron chi connectivity index (χ2n) is 5.76. The van der Waals surface area contributed by atoms with E-state index >= 15 is 0 Å². The van der Waals surface area contributed by atoms with Crippen LogP contribution in [0.15, 0.2) is 24.3 Å². The van der Waals surface area contributed by atoms with E-state index in [4.69, 9.17) is 17.3 Å². The Morgan fingerprint density at radius 2 is 1.68 bits per heavy atom. The molecule has 19 heavy (non-hydrogen) atoms. The molecule has 1 fully saturated rings. The van der Waals surface area contributed by atoms with E-state index in [0.717, 1.165) is 31.2 Å². The maximum absolute atomic E-state index is 10.8. The van der Waals surface area contributed by atoms with E-state index in [-0.39, 0.29) is 5.41 Å². The third kappa shape index (κ3) is 3.31. The lowest BCUT2D eigenvalue weighted by Crippen LogP contribution is -2.37. The molecule has 1 atom stereocenters. The van der Waals surface area contributed by atoms with Crippen LogP contribution < -0.4 is 5.73 Å². The molecule has 1 aliphatic carbocycles. The van der Waals surface area contributed by atoms with Crippen LogP contribution in [0.5, 0.6) is 0 Å². The molecule has 0 aromatic heterocycles. The molecular weight excluding hydrogens is 258 g/mol. The zero-order chi connectivity index (χ0) is 13.7. The maximum atomic E-state index is 10.8. The van der Waals surface area contributed by atoms with Crippen LogP contribution in [0.1, 0.15) is 56.6 Å². The Morgan fingerprint density at radius 1 is 1.11 bits per heavy atom. The molecule has 0 bridgehead atoms. The van der Waals surface area contributed by atoms with Gasteiger partial charge < -0.3 is 10.8 Å². The van der Waals surface area contributed by atoms with Crippen molar-refractivity contribution in [3.8, 4) is 0 Å². The molecular formula is C16H24ClNO. The average Bonchev–Trinajstić information content (AvgIpc) is 2.39. The summed E-state index contributed by atoms with van der Waals surface area (Å²) in [6, 6.07) is 7.58. The Hall–Kier alpha value is -0.570. The first kappa shape index (κ1) is 14.8. The predicted octanol–water partition coefficient (Wildman–Crippen LogP) is 4.06. The number of halogens is 1. The quantitative estimate of drug-likeness (QED) is 0.877. The Labute approximate surface area is 121 Å². The highest BCUT2D eigenvalue weighted by Gasteiger charge is 2.37. The summed E-state index contributed by atoms with van der Waals surface area (Å²) in [6.07, 6.45) is 7.55. The minimum atomic E-state index is -0.552. The first-order valence-corrected chi connectivity index (χ1v) is 7.70. The van der Waals surface area contributed by atoms with Crippen LogP contribution in [0.4, 0.5) is 0 Å². The van der Waals surface area contributed by atoms with E-state index in [0.29, 0.717) is 11.6 Å². The standard InChI is InChI=1S/C16H24ClNO/c17-14-9-5-4-8-13(14)15(19)16(12-18)10-6-2-1-3-7-11-16/h4-5,8-9,15,19H,1-3,6-7,10-12,18H2. The summed E-state index contributed by atoms with van der Waals surface area (Å²) in [4.78, 5) is 0. The monoisotopic (exact) mass is 281 g/mol. The molecule has 0 spiro atoms. The molecule has 1 unspecified atom stereocenters. The fourth-order valence-electron chi connectivity index (χ4n) is 3.23. The zero-order valence-corrected chi connectivity index (χ0v) is 12.2. The fraction of sp³-hybridized carbons (Fsp3) is 0.625. The van der Waals surface area contributed by atoms with E-state index in [1.165, 1.54) is 19.3 Å². The molecule has 0 amide bonds. The number of rotatable bonds is 3. The van der Waals surface area contributed by atoms with E-state index < -0.39 is 6.10 Å². The van der Waals surface area contributed by atoms with Crippen molar-refractivity contribution in [2.75, 3.05) is 6.54 Å². The minimum Gasteiger partial charge on any atom is -0.388 e.